The van der Waals surface area contributed by atoms with Crippen molar-refractivity contribution < 1.29 is 14.3 Å². The van der Waals surface area contributed by atoms with E-state index in [9.17, 15) is 9.90 Å². The van der Waals surface area contributed by atoms with Crippen molar-refractivity contribution in [2.45, 2.75) is 25.9 Å². The van der Waals surface area contributed by atoms with Crippen molar-refractivity contribution in [1.82, 2.24) is 5.32 Å². The van der Waals surface area contributed by atoms with Crippen molar-refractivity contribution >= 4 is 21.8 Å². The average Bonchev–Trinajstić information content (AvgIpc) is 2.61. The molecule has 0 fully saturated rings. The molecule has 1 aromatic rings. The number of nitrogens with one attached hydrogen (secondary N) is 1. The second-order valence-electron chi connectivity index (χ2n) is 3.64. The van der Waals surface area contributed by atoms with Gasteiger partial charge in [0.1, 0.15) is 0 Å². The molecule has 1 aromatic heterocycles. The fraction of sp³-hybridized carbons (Fsp3) is 0.500. The second kappa shape index (κ2) is 4.81. The van der Waals surface area contributed by atoms with Crippen LogP contribution in [0.15, 0.2) is 21.4 Å². The molecule has 84 valence electrons. The van der Waals surface area contributed by atoms with Crippen LogP contribution in [-0.2, 0) is 0 Å². The van der Waals surface area contributed by atoms with Crippen LogP contribution in [0, 0.1) is 0 Å². The van der Waals surface area contributed by atoms with E-state index in [1.807, 2.05) is 6.92 Å². The number of hydrogen-bond acceptors (Lipinski definition) is 3. The molecule has 1 unspecified atom stereocenters. The number of hydrogen-bond donors (Lipinski definition) is 2. The molecule has 4 nitrogen and oxygen atoms in total. The van der Waals surface area contributed by atoms with Gasteiger partial charge in [-0.1, -0.05) is 6.92 Å². The predicted molar refractivity (Wildman–Crippen MR) is 59.7 cm³/mol. The Hall–Kier alpha value is -0.810. The number of amides is 1. The van der Waals surface area contributed by atoms with E-state index in [1.54, 1.807) is 13.0 Å². The topological polar surface area (TPSA) is 62.5 Å². The van der Waals surface area contributed by atoms with Gasteiger partial charge in [-0.05, 0) is 35.3 Å². The molecular weight excluding hydrogens is 262 g/mol. The van der Waals surface area contributed by atoms with Crippen LogP contribution < -0.4 is 5.32 Å². The monoisotopic (exact) mass is 275 g/mol. The lowest BCUT2D eigenvalue weighted by atomic mass is 10.0. The first kappa shape index (κ1) is 12.3. The van der Waals surface area contributed by atoms with Gasteiger partial charge >= 0.3 is 0 Å². The van der Waals surface area contributed by atoms with Crippen LogP contribution in [0.5, 0.6) is 0 Å². The summed E-state index contributed by atoms with van der Waals surface area (Å²) in [6.45, 7) is 3.76. The Balaban J connectivity index is 2.55. The second-order valence-corrected chi connectivity index (χ2v) is 4.36. The predicted octanol–water partition coefficient (Wildman–Crippen LogP) is 1.93. The Morgan fingerprint density at radius 2 is 2.40 bits per heavy atom. The van der Waals surface area contributed by atoms with E-state index in [1.165, 1.54) is 6.26 Å². The zero-order chi connectivity index (χ0) is 11.5. The van der Waals surface area contributed by atoms with E-state index in [2.05, 4.69) is 21.2 Å². The molecule has 0 saturated carbocycles. The van der Waals surface area contributed by atoms with Gasteiger partial charge in [0, 0.05) is 6.54 Å². The van der Waals surface area contributed by atoms with E-state index in [4.69, 9.17) is 4.42 Å². The number of furan rings is 1. The van der Waals surface area contributed by atoms with Gasteiger partial charge in [0.15, 0.2) is 4.67 Å². The van der Waals surface area contributed by atoms with E-state index in [-0.39, 0.29) is 12.5 Å². The molecule has 0 saturated heterocycles. The molecule has 1 amide bonds. The van der Waals surface area contributed by atoms with Crippen LogP contribution >= 0.6 is 15.9 Å². The lowest BCUT2D eigenvalue weighted by Crippen LogP contribution is -2.40. The molecule has 0 aliphatic rings. The molecule has 1 atom stereocenters. The third-order valence-corrected chi connectivity index (χ3v) is 2.87. The maximum atomic E-state index is 11.6. The maximum absolute atomic E-state index is 11.6. The Morgan fingerprint density at radius 3 is 2.87 bits per heavy atom. The van der Waals surface area contributed by atoms with Crippen LogP contribution in [0.1, 0.15) is 30.6 Å². The lowest BCUT2D eigenvalue weighted by molar-refractivity contribution is 0.0518. The first-order valence-corrected chi connectivity index (χ1v) is 5.49. The van der Waals surface area contributed by atoms with Crippen molar-refractivity contribution in [2.24, 2.45) is 0 Å². The standard InChI is InChI=1S/C10H14BrNO3/c1-3-10(2,14)6-12-9(13)7-4-5-15-8(7)11/h4-5,14H,3,6H2,1-2H3,(H,12,13). The van der Waals surface area contributed by atoms with Crippen molar-refractivity contribution in [3.8, 4) is 0 Å². The number of aliphatic hydroxyl groups is 1. The van der Waals surface area contributed by atoms with E-state index in [0.717, 1.165) is 0 Å². The van der Waals surface area contributed by atoms with Gasteiger partial charge in [-0.3, -0.25) is 4.79 Å². The third-order valence-electron chi connectivity index (χ3n) is 2.25. The zero-order valence-corrected chi connectivity index (χ0v) is 10.3. The van der Waals surface area contributed by atoms with Gasteiger partial charge in [-0.2, -0.15) is 0 Å². The summed E-state index contributed by atoms with van der Waals surface area (Å²) >= 11 is 3.11. The Kier molecular flexibility index (Phi) is 3.93. The van der Waals surface area contributed by atoms with Gasteiger partial charge < -0.3 is 14.8 Å². The molecule has 2 N–H and O–H groups in total. The lowest BCUT2D eigenvalue weighted by Gasteiger charge is -2.21. The molecule has 1 heterocycles. The van der Waals surface area contributed by atoms with Gasteiger partial charge in [-0.25, -0.2) is 0 Å². The summed E-state index contributed by atoms with van der Waals surface area (Å²) in [5.41, 5.74) is -0.437. The fourth-order valence-corrected chi connectivity index (χ4v) is 1.37. The summed E-state index contributed by atoms with van der Waals surface area (Å²) in [6.07, 6.45) is 2.01. The SMILES string of the molecule is CCC(C)(O)CNC(=O)c1ccoc1Br. The Labute approximate surface area is 96.8 Å². The number of carbonyl (C=O) groups is 1. The van der Waals surface area contributed by atoms with Crippen LogP contribution in [0.4, 0.5) is 0 Å². The van der Waals surface area contributed by atoms with Crippen LogP contribution in [0.3, 0.4) is 0 Å². The van der Waals surface area contributed by atoms with Gasteiger partial charge in [0.2, 0.25) is 0 Å². The van der Waals surface area contributed by atoms with E-state index < -0.39 is 5.60 Å². The normalized spacial score (nSPS) is 14.7. The minimum atomic E-state index is -0.869. The van der Waals surface area contributed by atoms with Crippen LogP contribution in [0.25, 0.3) is 0 Å². The minimum Gasteiger partial charge on any atom is -0.457 e. The quantitative estimate of drug-likeness (QED) is 0.883. The Morgan fingerprint density at radius 1 is 1.73 bits per heavy atom. The largest absolute Gasteiger partial charge is 0.457 e. The molecule has 0 aliphatic heterocycles. The number of rotatable bonds is 4. The minimum absolute atomic E-state index is 0.222. The number of carbonyl (C=O) groups excluding carboxylic acids is 1. The smallest absolute Gasteiger partial charge is 0.255 e. The summed E-state index contributed by atoms with van der Waals surface area (Å²) in [7, 11) is 0. The highest BCUT2D eigenvalue weighted by Gasteiger charge is 2.20. The third kappa shape index (κ3) is 3.35. The molecule has 0 aromatic carbocycles. The zero-order valence-electron chi connectivity index (χ0n) is 8.71. The molecule has 0 radical (unpaired) electrons. The summed E-state index contributed by atoms with van der Waals surface area (Å²) in [6, 6.07) is 1.57. The molecule has 0 bridgehead atoms. The first-order valence-electron chi connectivity index (χ1n) is 4.70. The highest BCUT2D eigenvalue weighted by atomic mass is 79.9. The molecule has 5 heteroatoms. The Bertz CT molecular complexity index is 346. The first-order chi connectivity index (χ1) is 6.96. The average molecular weight is 276 g/mol. The van der Waals surface area contributed by atoms with Gasteiger partial charge in [0.25, 0.3) is 5.91 Å². The molecular formula is C10H14BrNO3. The molecule has 0 spiro atoms. The highest BCUT2D eigenvalue weighted by Crippen LogP contribution is 2.17. The molecule has 1 rings (SSSR count). The summed E-state index contributed by atoms with van der Waals surface area (Å²) < 4.78 is 5.34. The van der Waals surface area contributed by atoms with Gasteiger partial charge in [0.05, 0.1) is 17.4 Å². The number of halogens is 1. The van der Waals surface area contributed by atoms with Crippen molar-refractivity contribution in [2.75, 3.05) is 6.54 Å². The summed E-state index contributed by atoms with van der Waals surface area (Å²) in [5.74, 6) is -0.260. The maximum Gasteiger partial charge on any atom is 0.255 e. The fourth-order valence-electron chi connectivity index (χ4n) is 0.947. The van der Waals surface area contributed by atoms with E-state index >= 15 is 0 Å². The van der Waals surface area contributed by atoms with Crippen molar-refractivity contribution in [1.29, 1.82) is 0 Å². The van der Waals surface area contributed by atoms with Crippen LogP contribution in [0.2, 0.25) is 0 Å². The van der Waals surface area contributed by atoms with Crippen molar-refractivity contribution in [3.05, 3.63) is 22.6 Å². The molecule has 15 heavy (non-hydrogen) atoms. The van der Waals surface area contributed by atoms with E-state index in [0.29, 0.717) is 16.7 Å². The van der Waals surface area contributed by atoms with Gasteiger partial charge in [-0.15, -0.1) is 0 Å². The highest BCUT2D eigenvalue weighted by molar-refractivity contribution is 9.10. The summed E-state index contributed by atoms with van der Waals surface area (Å²) in [4.78, 5) is 11.6. The van der Waals surface area contributed by atoms with Crippen LogP contribution in [-0.4, -0.2) is 23.2 Å². The van der Waals surface area contributed by atoms with Crippen molar-refractivity contribution in [3.63, 3.8) is 0 Å². The summed E-state index contributed by atoms with van der Waals surface area (Å²) in [5, 5.41) is 12.3. The molecule has 0 aliphatic carbocycles.